The van der Waals surface area contributed by atoms with Crippen LogP contribution in [0, 0.1) is 0 Å². The molecule has 194 valence electrons. The van der Waals surface area contributed by atoms with Gasteiger partial charge in [0.05, 0.1) is 12.1 Å². The van der Waals surface area contributed by atoms with Crippen molar-refractivity contribution in [3.8, 4) is 0 Å². The predicted molar refractivity (Wildman–Crippen MR) is 135 cm³/mol. The van der Waals surface area contributed by atoms with E-state index in [1.807, 2.05) is 0 Å². The van der Waals surface area contributed by atoms with Crippen LogP contribution in [0.4, 0.5) is 13.2 Å². The molecule has 36 heavy (non-hydrogen) atoms. The van der Waals surface area contributed by atoms with Crippen LogP contribution in [0.25, 0.3) is 0 Å². The Morgan fingerprint density at radius 2 is 1.67 bits per heavy atom. The fraction of sp³-hybridized carbons (Fsp3) is 0.292. The van der Waals surface area contributed by atoms with Crippen molar-refractivity contribution >= 4 is 38.9 Å². The van der Waals surface area contributed by atoms with Crippen molar-refractivity contribution in [1.82, 2.24) is 14.9 Å². The summed E-state index contributed by atoms with van der Waals surface area (Å²) in [5, 5.41) is 6.39. The first kappa shape index (κ1) is 28.1. The molecule has 0 saturated heterocycles. The molecule has 0 fully saturated rings. The number of amides is 1. The number of benzene rings is 2. The van der Waals surface area contributed by atoms with Crippen molar-refractivity contribution in [2.24, 2.45) is 0 Å². The number of sulfonamides is 1. The number of halogens is 4. The lowest BCUT2D eigenvalue weighted by molar-refractivity contribution is -0.137. The van der Waals surface area contributed by atoms with Gasteiger partial charge in [-0.3, -0.25) is 4.79 Å². The molecule has 12 heteroatoms. The molecule has 2 N–H and O–H groups in total. The summed E-state index contributed by atoms with van der Waals surface area (Å²) < 4.78 is 65.0. The van der Waals surface area contributed by atoms with Gasteiger partial charge in [0.25, 0.3) is 15.9 Å². The van der Waals surface area contributed by atoms with Crippen LogP contribution in [-0.2, 0) is 29.3 Å². The van der Waals surface area contributed by atoms with E-state index in [9.17, 15) is 26.4 Å². The first-order valence-corrected chi connectivity index (χ1v) is 13.6. The number of carbonyl (C=O) groups excluding carboxylic acids is 1. The summed E-state index contributed by atoms with van der Waals surface area (Å²) in [6.45, 7) is 1.33. The first-order chi connectivity index (χ1) is 17.0. The smallest absolute Gasteiger partial charge is 0.347 e. The quantitative estimate of drug-likeness (QED) is 0.319. The minimum absolute atomic E-state index is 0.179. The summed E-state index contributed by atoms with van der Waals surface area (Å²) in [6, 6.07) is 14.5. The Bertz CT molecular complexity index is 1260. The standard InChI is InChI=1S/C24H25ClF3N3O3S2/c1-31(14-2-13-29-15-17-3-7-19(8-4-17)24(26,27)28)36(33,34)22-12-11-21(35-22)16-30-23(32)18-5-9-20(25)10-6-18/h3-12,29H,2,13-16H2,1H3,(H,30,32). The van der Waals surface area contributed by atoms with Crippen molar-refractivity contribution < 1.29 is 26.4 Å². The van der Waals surface area contributed by atoms with Gasteiger partial charge in [-0.05, 0) is 67.1 Å². The van der Waals surface area contributed by atoms with Crippen LogP contribution in [0.15, 0.2) is 64.9 Å². The number of rotatable bonds is 11. The Hall–Kier alpha value is -2.44. The maximum Gasteiger partial charge on any atom is 0.416 e. The SMILES string of the molecule is CN(CCCNCc1ccc(C(F)(F)F)cc1)S(=O)(=O)c1ccc(CNC(=O)c2ccc(Cl)cc2)s1. The van der Waals surface area contributed by atoms with Crippen LogP contribution in [0.2, 0.25) is 5.02 Å². The Kier molecular flexibility index (Phi) is 9.53. The van der Waals surface area contributed by atoms with Gasteiger partial charge in [-0.2, -0.15) is 13.2 Å². The van der Waals surface area contributed by atoms with Gasteiger partial charge in [-0.15, -0.1) is 11.3 Å². The molecule has 3 aromatic rings. The summed E-state index contributed by atoms with van der Waals surface area (Å²) in [6.07, 6.45) is -3.84. The lowest BCUT2D eigenvalue weighted by Gasteiger charge is -2.16. The minimum Gasteiger partial charge on any atom is -0.347 e. The van der Waals surface area contributed by atoms with Crippen LogP contribution < -0.4 is 10.6 Å². The topological polar surface area (TPSA) is 78.5 Å². The van der Waals surface area contributed by atoms with Gasteiger partial charge in [0.15, 0.2) is 0 Å². The van der Waals surface area contributed by atoms with Gasteiger partial charge < -0.3 is 10.6 Å². The van der Waals surface area contributed by atoms with E-state index in [0.717, 1.165) is 23.5 Å². The van der Waals surface area contributed by atoms with Crippen molar-refractivity contribution in [2.75, 3.05) is 20.1 Å². The summed E-state index contributed by atoms with van der Waals surface area (Å²) >= 11 is 6.91. The van der Waals surface area contributed by atoms with E-state index in [1.54, 1.807) is 30.3 Å². The van der Waals surface area contributed by atoms with Gasteiger partial charge in [0.2, 0.25) is 0 Å². The van der Waals surface area contributed by atoms with Crippen LogP contribution in [0.3, 0.4) is 0 Å². The molecule has 0 aliphatic heterocycles. The van der Waals surface area contributed by atoms with Gasteiger partial charge in [0, 0.05) is 35.6 Å². The highest BCUT2D eigenvalue weighted by Crippen LogP contribution is 2.29. The zero-order chi connectivity index (χ0) is 26.3. The molecule has 0 spiro atoms. The molecule has 1 amide bonds. The third-order valence-electron chi connectivity index (χ3n) is 5.27. The molecular weight excluding hydrogens is 535 g/mol. The molecule has 2 aromatic carbocycles. The molecule has 3 rings (SSSR count). The number of nitrogens with one attached hydrogen (secondary N) is 2. The van der Waals surface area contributed by atoms with Crippen molar-refractivity contribution in [1.29, 1.82) is 0 Å². The number of hydrogen-bond acceptors (Lipinski definition) is 5. The van der Waals surface area contributed by atoms with E-state index in [-0.39, 0.29) is 23.2 Å². The molecule has 0 atom stereocenters. The third-order valence-corrected chi connectivity index (χ3v) is 8.93. The van der Waals surface area contributed by atoms with E-state index in [2.05, 4.69) is 10.6 Å². The minimum atomic E-state index is -4.36. The van der Waals surface area contributed by atoms with Gasteiger partial charge in [-0.1, -0.05) is 23.7 Å². The molecule has 1 heterocycles. The summed E-state index contributed by atoms with van der Waals surface area (Å²) in [5.41, 5.74) is 0.465. The highest BCUT2D eigenvalue weighted by molar-refractivity contribution is 7.91. The largest absolute Gasteiger partial charge is 0.416 e. The molecule has 0 saturated carbocycles. The van der Waals surface area contributed by atoms with Crippen molar-refractivity contribution in [2.45, 2.75) is 29.9 Å². The predicted octanol–water partition coefficient (Wildman–Crippen LogP) is 5.15. The molecular formula is C24H25ClF3N3O3S2. The number of nitrogens with zero attached hydrogens (tertiary/aromatic N) is 1. The maximum atomic E-state index is 12.9. The van der Waals surface area contributed by atoms with Crippen LogP contribution in [-0.4, -0.2) is 38.8 Å². The summed E-state index contributed by atoms with van der Waals surface area (Å²) in [4.78, 5) is 12.9. The van der Waals surface area contributed by atoms with E-state index >= 15 is 0 Å². The number of thiophene rings is 1. The zero-order valence-corrected chi connectivity index (χ0v) is 21.7. The maximum absolute atomic E-state index is 12.9. The first-order valence-electron chi connectivity index (χ1n) is 10.9. The fourth-order valence-electron chi connectivity index (χ4n) is 3.21. The zero-order valence-electron chi connectivity index (χ0n) is 19.3. The normalized spacial score (nSPS) is 12.2. The molecule has 0 aliphatic rings. The van der Waals surface area contributed by atoms with Crippen LogP contribution in [0.5, 0.6) is 0 Å². The second-order valence-corrected chi connectivity index (χ2v) is 11.8. The van der Waals surface area contributed by atoms with E-state index < -0.39 is 21.8 Å². The summed E-state index contributed by atoms with van der Waals surface area (Å²) in [7, 11) is -2.19. The monoisotopic (exact) mass is 559 g/mol. The molecule has 0 aliphatic carbocycles. The highest BCUT2D eigenvalue weighted by atomic mass is 35.5. The van der Waals surface area contributed by atoms with Gasteiger partial charge in [0.1, 0.15) is 4.21 Å². The van der Waals surface area contributed by atoms with Crippen LogP contribution in [0.1, 0.15) is 32.8 Å². The van der Waals surface area contributed by atoms with Crippen LogP contribution >= 0.6 is 22.9 Å². The Balaban J connectivity index is 1.43. The lowest BCUT2D eigenvalue weighted by atomic mass is 10.1. The average molecular weight is 560 g/mol. The van der Waals surface area contributed by atoms with E-state index in [1.165, 1.54) is 29.6 Å². The Labute approximate surface area is 217 Å². The second kappa shape index (κ2) is 12.2. The van der Waals surface area contributed by atoms with Gasteiger partial charge >= 0.3 is 6.18 Å². The fourth-order valence-corrected chi connectivity index (χ4v) is 6.05. The summed E-state index contributed by atoms with van der Waals surface area (Å²) in [5.74, 6) is -0.287. The van der Waals surface area contributed by atoms with Crippen molar-refractivity contribution in [3.63, 3.8) is 0 Å². The van der Waals surface area contributed by atoms with Crippen molar-refractivity contribution in [3.05, 3.63) is 87.3 Å². The molecule has 0 bridgehead atoms. The highest BCUT2D eigenvalue weighted by Gasteiger charge is 2.29. The van der Waals surface area contributed by atoms with Gasteiger partial charge in [-0.25, -0.2) is 12.7 Å². The van der Waals surface area contributed by atoms with E-state index in [0.29, 0.717) is 40.5 Å². The number of carbonyl (C=O) groups is 1. The third kappa shape index (κ3) is 7.78. The molecule has 6 nitrogen and oxygen atoms in total. The average Bonchev–Trinajstić information content (AvgIpc) is 3.32. The second-order valence-electron chi connectivity index (χ2n) is 7.96. The molecule has 0 radical (unpaired) electrons. The number of alkyl halides is 3. The Morgan fingerprint density at radius 3 is 2.31 bits per heavy atom. The molecule has 1 aromatic heterocycles. The lowest BCUT2D eigenvalue weighted by Crippen LogP contribution is -2.29. The molecule has 0 unspecified atom stereocenters. The number of hydrogen-bond donors (Lipinski definition) is 2. The Morgan fingerprint density at radius 1 is 1.00 bits per heavy atom. The van der Waals surface area contributed by atoms with E-state index in [4.69, 9.17) is 11.6 Å².